The Hall–Kier alpha value is -1.03. The largest absolute Gasteiger partial charge is 0.316 e. The first-order valence-electron chi connectivity index (χ1n) is 5.23. The van der Waals surface area contributed by atoms with E-state index in [9.17, 15) is 4.79 Å². The Bertz CT molecular complexity index is 346. The lowest BCUT2D eigenvalue weighted by Crippen LogP contribution is -2.34. The topological polar surface area (TPSA) is 49.8 Å². The number of rotatable bonds is 2. The van der Waals surface area contributed by atoms with Crippen LogP contribution in [0.3, 0.4) is 0 Å². The molecule has 0 amide bonds. The molecule has 2 rings (SSSR count). The average molecular weight is 195 g/mol. The summed E-state index contributed by atoms with van der Waals surface area (Å²) >= 11 is 0. The molecule has 0 aliphatic carbocycles. The summed E-state index contributed by atoms with van der Waals surface area (Å²) in [7, 11) is 0. The van der Waals surface area contributed by atoms with E-state index in [1.165, 1.54) is 12.8 Å². The summed E-state index contributed by atoms with van der Waals surface area (Å²) in [6.45, 7) is 4.89. The molecule has 1 aliphatic heterocycles. The highest BCUT2D eigenvalue weighted by atomic mass is 16.1. The molecule has 0 bridgehead atoms. The van der Waals surface area contributed by atoms with Crippen LogP contribution in [0.1, 0.15) is 18.5 Å². The van der Waals surface area contributed by atoms with Crippen molar-refractivity contribution in [3.8, 4) is 0 Å². The smallest absolute Gasteiger partial charge is 0.266 e. The minimum absolute atomic E-state index is 0.0908. The van der Waals surface area contributed by atoms with Crippen LogP contribution < -0.4 is 10.9 Å². The van der Waals surface area contributed by atoms with E-state index in [4.69, 9.17) is 0 Å². The zero-order chi connectivity index (χ0) is 9.97. The van der Waals surface area contributed by atoms with Gasteiger partial charge in [0.25, 0.3) is 5.56 Å². The van der Waals surface area contributed by atoms with Crippen LogP contribution in [0.5, 0.6) is 0 Å². The molecule has 78 valence electrons. The zero-order valence-corrected chi connectivity index (χ0v) is 8.55. The third kappa shape index (κ3) is 2.07. The van der Waals surface area contributed by atoms with E-state index >= 15 is 0 Å². The minimum Gasteiger partial charge on any atom is -0.316 e. The monoisotopic (exact) mass is 195 g/mol. The van der Waals surface area contributed by atoms with Gasteiger partial charge in [0.15, 0.2) is 0 Å². The van der Waals surface area contributed by atoms with Crippen LogP contribution >= 0.6 is 0 Å². The van der Waals surface area contributed by atoms with Crippen LogP contribution in [0.4, 0.5) is 0 Å². The molecule has 0 saturated carbocycles. The van der Waals surface area contributed by atoms with Crippen LogP contribution in [0.15, 0.2) is 10.9 Å². The third-order valence-electron chi connectivity index (χ3n) is 2.76. The molecule has 0 radical (unpaired) electrons. The van der Waals surface area contributed by atoms with Gasteiger partial charge in [0.05, 0.1) is 0 Å². The molecular weight excluding hydrogens is 178 g/mol. The zero-order valence-electron chi connectivity index (χ0n) is 8.55. The second-order valence-electron chi connectivity index (χ2n) is 4.10. The molecule has 2 heterocycles. The molecule has 1 aromatic heterocycles. The molecule has 1 fully saturated rings. The van der Waals surface area contributed by atoms with Crippen molar-refractivity contribution in [1.82, 2.24) is 15.1 Å². The number of piperidine rings is 1. The van der Waals surface area contributed by atoms with E-state index in [1.807, 2.05) is 6.92 Å². The van der Waals surface area contributed by atoms with Gasteiger partial charge in [0.2, 0.25) is 0 Å². The maximum atomic E-state index is 11.4. The van der Waals surface area contributed by atoms with Crippen molar-refractivity contribution in [2.24, 2.45) is 5.92 Å². The highest BCUT2D eigenvalue weighted by Gasteiger charge is 2.14. The average Bonchev–Trinajstić information content (AvgIpc) is 2.47. The number of hydrogen-bond acceptors (Lipinski definition) is 2. The first-order chi connectivity index (χ1) is 6.75. The summed E-state index contributed by atoms with van der Waals surface area (Å²) in [5, 5.41) is 6.42. The lowest BCUT2D eigenvalue weighted by atomic mass is 10.00. The van der Waals surface area contributed by atoms with Crippen molar-refractivity contribution >= 4 is 0 Å². The standard InChI is InChI=1S/C10H17N3O/c1-8-5-10(14)13(12-8)7-9-3-2-4-11-6-9/h5,9,11-12H,2-4,6-7H2,1H3. The normalized spacial score (nSPS) is 22.5. The van der Waals surface area contributed by atoms with Crippen molar-refractivity contribution in [2.45, 2.75) is 26.3 Å². The summed E-state index contributed by atoms with van der Waals surface area (Å²) in [6.07, 6.45) is 2.44. The molecule has 1 atom stereocenters. The maximum absolute atomic E-state index is 11.4. The highest BCUT2D eigenvalue weighted by Crippen LogP contribution is 2.10. The number of nitrogens with zero attached hydrogens (tertiary/aromatic N) is 1. The van der Waals surface area contributed by atoms with E-state index in [-0.39, 0.29) is 5.56 Å². The maximum Gasteiger partial charge on any atom is 0.266 e. The molecule has 0 aromatic carbocycles. The Morgan fingerprint density at radius 1 is 1.64 bits per heavy atom. The lowest BCUT2D eigenvalue weighted by molar-refractivity contribution is 0.321. The van der Waals surface area contributed by atoms with Crippen molar-refractivity contribution in [2.75, 3.05) is 13.1 Å². The summed E-state index contributed by atoms with van der Waals surface area (Å²) < 4.78 is 1.72. The summed E-state index contributed by atoms with van der Waals surface area (Å²) in [4.78, 5) is 11.4. The van der Waals surface area contributed by atoms with Crippen LogP contribution in [0.25, 0.3) is 0 Å². The molecule has 14 heavy (non-hydrogen) atoms. The van der Waals surface area contributed by atoms with Gasteiger partial charge >= 0.3 is 0 Å². The number of aromatic nitrogens is 2. The minimum atomic E-state index is 0.0908. The molecule has 4 nitrogen and oxygen atoms in total. The van der Waals surface area contributed by atoms with Gasteiger partial charge < -0.3 is 5.32 Å². The van der Waals surface area contributed by atoms with Gasteiger partial charge in [-0.2, -0.15) is 0 Å². The van der Waals surface area contributed by atoms with Gasteiger partial charge in [0.1, 0.15) is 0 Å². The van der Waals surface area contributed by atoms with Gasteiger partial charge in [-0.25, -0.2) is 0 Å². The molecule has 1 aliphatic rings. The van der Waals surface area contributed by atoms with Crippen LogP contribution in [0.2, 0.25) is 0 Å². The van der Waals surface area contributed by atoms with Gasteiger partial charge in [-0.15, -0.1) is 0 Å². The molecule has 1 saturated heterocycles. The molecule has 2 N–H and O–H groups in total. The molecule has 1 aromatic rings. The Morgan fingerprint density at radius 2 is 2.50 bits per heavy atom. The second kappa shape index (κ2) is 4.00. The van der Waals surface area contributed by atoms with E-state index < -0.39 is 0 Å². The quantitative estimate of drug-likeness (QED) is 0.721. The van der Waals surface area contributed by atoms with Crippen molar-refractivity contribution in [3.63, 3.8) is 0 Å². The first-order valence-corrected chi connectivity index (χ1v) is 5.23. The number of hydrogen-bond donors (Lipinski definition) is 2. The van der Waals surface area contributed by atoms with Crippen molar-refractivity contribution in [1.29, 1.82) is 0 Å². The number of aryl methyl sites for hydroxylation is 1. The Morgan fingerprint density at radius 3 is 3.07 bits per heavy atom. The summed E-state index contributed by atoms with van der Waals surface area (Å²) in [5.41, 5.74) is 1.03. The molecule has 1 unspecified atom stereocenters. The number of aromatic amines is 1. The Labute approximate surface area is 83.3 Å². The van der Waals surface area contributed by atoms with E-state index in [1.54, 1.807) is 10.7 Å². The third-order valence-corrected chi connectivity index (χ3v) is 2.76. The van der Waals surface area contributed by atoms with Crippen LogP contribution in [-0.4, -0.2) is 22.9 Å². The van der Waals surface area contributed by atoms with Crippen molar-refractivity contribution in [3.05, 3.63) is 22.1 Å². The van der Waals surface area contributed by atoms with Crippen LogP contribution in [0, 0.1) is 12.8 Å². The Kier molecular flexibility index (Phi) is 2.72. The predicted octanol–water partition coefficient (Wildman–Crippen LogP) is 0.484. The SMILES string of the molecule is Cc1cc(=O)n(CC2CCCNC2)[nH]1. The fourth-order valence-electron chi connectivity index (χ4n) is 2.04. The molecule has 0 spiro atoms. The van der Waals surface area contributed by atoms with Gasteiger partial charge in [-0.05, 0) is 38.8 Å². The van der Waals surface area contributed by atoms with Gasteiger partial charge in [0, 0.05) is 18.3 Å². The summed E-state index contributed by atoms with van der Waals surface area (Å²) in [5.74, 6) is 0.597. The molecule has 4 heteroatoms. The van der Waals surface area contributed by atoms with Crippen molar-refractivity contribution < 1.29 is 0 Å². The van der Waals surface area contributed by atoms with Gasteiger partial charge in [-0.1, -0.05) is 0 Å². The first kappa shape index (κ1) is 9.52. The van der Waals surface area contributed by atoms with E-state index in [2.05, 4.69) is 10.4 Å². The number of nitrogens with one attached hydrogen (secondary N) is 2. The van der Waals surface area contributed by atoms with E-state index in [0.717, 1.165) is 25.3 Å². The lowest BCUT2D eigenvalue weighted by Gasteiger charge is -2.22. The summed E-state index contributed by atoms with van der Waals surface area (Å²) in [6, 6.07) is 1.65. The Balaban J connectivity index is 2.02. The van der Waals surface area contributed by atoms with Gasteiger partial charge in [-0.3, -0.25) is 14.6 Å². The second-order valence-corrected chi connectivity index (χ2v) is 4.10. The highest BCUT2D eigenvalue weighted by molar-refractivity contribution is 4.95. The van der Waals surface area contributed by atoms with E-state index in [0.29, 0.717) is 5.92 Å². The number of H-pyrrole nitrogens is 1. The molecular formula is C10H17N3O. The fourth-order valence-corrected chi connectivity index (χ4v) is 2.04. The predicted molar refractivity (Wildman–Crippen MR) is 55.4 cm³/mol. The van der Waals surface area contributed by atoms with Crippen LogP contribution in [-0.2, 0) is 6.54 Å². The fraction of sp³-hybridized carbons (Fsp3) is 0.700.